The molecule has 3 aromatic carbocycles. The number of hydrogen-bond donors (Lipinski definition) is 2. The van der Waals surface area contributed by atoms with E-state index in [1.54, 1.807) is 4.90 Å². The van der Waals surface area contributed by atoms with Crippen molar-refractivity contribution in [3.63, 3.8) is 0 Å². The van der Waals surface area contributed by atoms with Crippen LogP contribution in [0.2, 0.25) is 0 Å². The molecule has 2 N–H and O–H groups in total. The summed E-state index contributed by atoms with van der Waals surface area (Å²) >= 11 is 0. The van der Waals surface area contributed by atoms with E-state index in [0.717, 1.165) is 50.7 Å². The van der Waals surface area contributed by atoms with Gasteiger partial charge in [-0.2, -0.15) is 0 Å². The maximum absolute atomic E-state index is 14.1. The van der Waals surface area contributed by atoms with Crippen molar-refractivity contribution >= 4 is 17.6 Å². The van der Waals surface area contributed by atoms with Gasteiger partial charge in [0.1, 0.15) is 11.6 Å². The number of carbonyl (C=O) groups excluding carboxylic acids is 2. The van der Waals surface area contributed by atoms with Gasteiger partial charge in [0, 0.05) is 37.5 Å². The molecule has 1 saturated carbocycles. The Morgan fingerprint density at radius 3 is 2.11 bits per heavy atom. The number of rotatable bonds is 10. The highest BCUT2D eigenvalue weighted by molar-refractivity contribution is 5.90. The Morgan fingerprint density at radius 1 is 0.868 bits per heavy atom. The lowest BCUT2D eigenvalue weighted by Gasteiger charge is -2.34. The number of nitrogens with one attached hydrogen (secondary N) is 2. The first-order chi connectivity index (χ1) is 18.5. The summed E-state index contributed by atoms with van der Waals surface area (Å²) < 4.78 is 27.4. The summed E-state index contributed by atoms with van der Waals surface area (Å²) in [5, 5.41) is 5.58. The molecule has 4 rings (SSSR count). The predicted octanol–water partition coefficient (Wildman–Crippen LogP) is 6.86. The van der Waals surface area contributed by atoms with Crippen molar-refractivity contribution in [2.24, 2.45) is 0 Å². The Kier molecular flexibility index (Phi) is 9.84. The van der Waals surface area contributed by atoms with Gasteiger partial charge in [0.15, 0.2) is 0 Å². The zero-order chi connectivity index (χ0) is 26.7. The number of benzene rings is 3. The SMILES string of the molecule is O=C(CCN(C(=O)Nc1ccc(F)cc1F)C1CCCCC1)NCCC(c1ccccc1)c1ccccc1. The average Bonchev–Trinajstić information content (AvgIpc) is 2.94. The maximum atomic E-state index is 14.1. The van der Waals surface area contributed by atoms with Crippen LogP contribution in [0.15, 0.2) is 78.9 Å². The number of amides is 3. The van der Waals surface area contributed by atoms with Crippen molar-refractivity contribution in [3.8, 4) is 0 Å². The lowest BCUT2D eigenvalue weighted by molar-refractivity contribution is -0.121. The average molecular weight is 520 g/mol. The van der Waals surface area contributed by atoms with Crippen LogP contribution >= 0.6 is 0 Å². The second-order valence-electron chi connectivity index (χ2n) is 9.80. The van der Waals surface area contributed by atoms with Gasteiger partial charge in [-0.1, -0.05) is 79.9 Å². The van der Waals surface area contributed by atoms with Crippen LogP contribution in [0.1, 0.15) is 62.0 Å². The molecule has 0 unspecified atom stereocenters. The van der Waals surface area contributed by atoms with Gasteiger partial charge in [0.05, 0.1) is 5.69 Å². The standard InChI is InChI=1S/C31H35F2N3O2/c32-25-16-17-29(28(33)22-25)35-31(38)36(26-14-8-3-9-15-26)21-19-30(37)34-20-18-27(23-10-4-1-5-11-23)24-12-6-2-7-13-24/h1-2,4-7,10-13,16-17,22,26-27H,3,8-9,14-15,18-21H2,(H,34,37)(H,35,38). The monoisotopic (exact) mass is 519 g/mol. The highest BCUT2D eigenvalue weighted by Crippen LogP contribution is 2.28. The Bertz CT molecular complexity index is 1140. The minimum absolute atomic E-state index is 0.0133. The molecule has 0 radical (unpaired) electrons. The topological polar surface area (TPSA) is 61.4 Å². The van der Waals surface area contributed by atoms with Gasteiger partial charge >= 0.3 is 6.03 Å². The molecule has 0 heterocycles. The third-order valence-electron chi connectivity index (χ3n) is 7.19. The van der Waals surface area contributed by atoms with Crippen molar-refractivity contribution in [1.82, 2.24) is 10.2 Å². The largest absolute Gasteiger partial charge is 0.356 e. The maximum Gasteiger partial charge on any atom is 0.322 e. The molecular formula is C31H35F2N3O2. The van der Waals surface area contributed by atoms with Crippen molar-refractivity contribution in [1.29, 1.82) is 0 Å². The zero-order valence-electron chi connectivity index (χ0n) is 21.5. The van der Waals surface area contributed by atoms with Crippen LogP contribution in [-0.4, -0.2) is 36.0 Å². The second-order valence-corrected chi connectivity index (χ2v) is 9.80. The Balaban J connectivity index is 1.34. The molecule has 3 amide bonds. The van der Waals surface area contributed by atoms with Crippen LogP contribution in [-0.2, 0) is 4.79 Å². The Labute approximate surface area is 223 Å². The minimum atomic E-state index is -0.828. The van der Waals surface area contributed by atoms with E-state index in [1.165, 1.54) is 17.2 Å². The fraction of sp³-hybridized carbons (Fsp3) is 0.355. The molecular weight excluding hydrogens is 484 g/mol. The van der Waals surface area contributed by atoms with Crippen molar-refractivity contribution in [3.05, 3.63) is 102 Å². The van der Waals surface area contributed by atoms with Crippen LogP contribution in [0.3, 0.4) is 0 Å². The van der Waals surface area contributed by atoms with Gasteiger partial charge in [-0.25, -0.2) is 13.6 Å². The predicted molar refractivity (Wildman–Crippen MR) is 146 cm³/mol. The molecule has 1 aliphatic carbocycles. The number of hydrogen-bond acceptors (Lipinski definition) is 2. The molecule has 5 nitrogen and oxygen atoms in total. The number of carbonyl (C=O) groups is 2. The van der Waals surface area contributed by atoms with Gasteiger partial charge in [-0.05, 0) is 42.5 Å². The van der Waals surface area contributed by atoms with Crippen LogP contribution < -0.4 is 10.6 Å². The molecule has 0 saturated heterocycles. The molecule has 200 valence electrons. The normalized spacial score (nSPS) is 13.8. The first-order valence-electron chi connectivity index (χ1n) is 13.4. The summed E-state index contributed by atoms with van der Waals surface area (Å²) in [6.07, 6.45) is 5.71. The molecule has 38 heavy (non-hydrogen) atoms. The third kappa shape index (κ3) is 7.63. The summed E-state index contributed by atoms with van der Waals surface area (Å²) in [7, 11) is 0. The van der Waals surface area contributed by atoms with E-state index < -0.39 is 17.7 Å². The second kappa shape index (κ2) is 13.7. The molecule has 1 aliphatic rings. The fourth-order valence-electron chi connectivity index (χ4n) is 5.18. The molecule has 0 atom stereocenters. The Hall–Kier alpha value is -3.74. The van der Waals surface area contributed by atoms with Crippen LogP contribution in [0.4, 0.5) is 19.3 Å². The van der Waals surface area contributed by atoms with Gasteiger partial charge in [-0.15, -0.1) is 0 Å². The van der Waals surface area contributed by atoms with Gasteiger partial charge < -0.3 is 15.5 Å². The molecule has 3 aromatic rings. The lowest BCUT2D eigenvalue weighted by atomic mass is 9.88. The fourth-order valence-corrected chi connectivity index (χ4v) is 5.18. The van der Waals surface area contributed by atoms with E-state index in [-0.39, 0.29) is 36.5 Å². The smallest absolute Gasteiger partial charge is 0.322 e. The van der Waals surface area contributed by atoms with E-state index in [0.29, 0.717) is 6.54 Å². The Morgan fingerprint density at radius 2 is 1.50 bits per heavy atom. The van der Waals surface area contributed by atoms with E-state index >= 15 is 0 Å². The van der Waals surface area contributed by atoms with E-state index in [9.17, 15) is 18.4 Å². The van der Waals surface area contributed by atoms with E-state index in [4.69, 9.17) is 0 Å². The first kappa shape index (κ1) is 27.3. The van der Waals surface area contributed by atoms with Crippen molar-refractivity contribution in [2.75, 3.05) is 18.4 Å². The third-order valence-corrected chi connectivity index (χ3v) is 7.19. The minimum Gasteiger partial charge on any atom is -0.356 e. The quantitative estimate of drug-likeness (QED) is 0.307. The van der Waals surface area contributed by atoms with Crippen molar-refractivity contribution < 1.29 is 18.4 Å². The van der Waals surface area contributed by atoms with Crippen LogP contribution in [0.5, 0.6) is 0 Å². The number of nitrogens with zero attached hydrogens (tertiary/aromatic N) is 1. The molecule has 7 heteroatoms. The molecule has 0 bridgehead atoms. The zero-order valence-corrected chi connectivity index (χ0v) is 21.5. The van der Waals surface area contributed by atoms with Crippen LogP contribution in [0.25, 0.3) is 0 Å². The molecule has 0 aliphatic heterocycles. The summed E-state index contributed by atoms with van der Waals surface area (Å²) in [5.41, 5.74) is 2.32. The first-order valence-corrected chi connectivity index (χ1v) is 13.4. The van der Waals surface area contributed by atoms with Gasteiger partial charge in [-0.3, -0.25) is 4.79 Å². The van der Waals surface area contributed by atoms with Gasteiger partial charge in [0.2, 0.25) is 5.91 Å². The van der Waals surface area contributed by atoms with Crippen LogP contribution in [0, 0.1) is 11.6 Å². The van der Waals surface area contributed by atoms with Crippen molar-refractivity contribution in [2.45, 2.75) is 56.9 Å². The van der Waals surface area contributed by atoms with E-state index in [1.807, 2.05) is 36.4 Å². The summed E-state index contributed by atoms with van der Waals surface area (Å²) in [6, 6.07) is 23.0. The summed E-state index contributed by atoms with van der Waals surface area (Å²) in [6.45, 7) is 0.732. The highest BCUT2D eigenvalue weighted by Gasteiger charge is 2.26. The molecule has 0 spiro atoms. The summed E-state index contributed by atoms with van der Waals surface area (Å²) in [5.74, 6) is -1.51. The molecule has 0 aromatic heterocycles. The highest BCUT2D eigenvalue weighted by atomic mass is 19.1. The molecule has 1 fully saturated rings. The lowest BCUT2D eigenvalue weighted by Crippen LogP contribution is -2.45. The number of halogens is 2. The number of anilines is 1. The van der Waals surface area contributed by atoms with Gasteiger partial charge in [0.25, 0.3) is 0 Å². The van der Waals surface area contributed by atoms with E-state index in [2.05, 4.69) is 34.9 Å². The summed E-state index contributed by atoms with van der Waals surface area (Å²) in [4.78, 5) is 27.5. The number of urea groups is 1.